The van der Waals surface area contributed by atoms with Crippen molar-refractivity contribution in [2.45, 2.75) is 63.4 Å². The first-order chi connectivity index (χ1) is 8.75. The molecular weight excluding hydrogens is 244 g/mol. The molecular formula is C13H26N4S. The number of nitrogens with zero attached hydrogens (tertiary/aromatic N) is 3. The summed E-state index contributed by atoms with van der Waals surface area (Å²) >= 11 is 1.75. The SMILES string of the molecule is CCCCCCCCCCSc1nnc(N)n1C. The molecule has 5 heteroatoms. The van der Waals surface area contributed by atoms with Crippen molar-refractivity contribution in [2.75, 3.05) is 11.5 Å². The first-order valence-electron chi connectivity index (χ1n) is 7.03. The van der Waals surface area contributed by atoms with Crippen LogP contribution < -0.4 is 5.73 Å². The van der Waals surface area contributed by atoms with Crippen molar-refractivity contribution >= 4 is 17.7 Å². The van der Waals surface area contributed by atoms with Gasteiger partial charge in [0.05, 0.1) is 0 Å². The standard InChI is InChI=1S/C13H26N4S/c1-3-4-5-6-7-8-9-10-11-18-13-16-15-12(14)17(13)2/h3-11H2,1-2H3,(H2,14,15). The van der Waals surface area contributed by atoms with E-state index in [1.54, 1.807) is 11.8 Å². The summed E-state index contributed by atoms with van der Waals surface area (Å²) in [6.07, 6.45) is 10.9. The Kier molecular flexibility index (Phi) is 7.89. The Balaban J connectivity index is 1.94. The van der Waals surface area contributed by atoms with Gasteiger partial charge in [0.25, 0.3) is 0 Å². The number of rotatable bonds is 10. The second-order valence-corrected chi connectivity index (χ2v) is 5.79. The third-order valence-electron chi connectivity index (χ3n) is 3.10. The first-order valence-corrected chi connectivity index (χ1v) is 8.02. The molecule has 4 nitrogen and oxygen atoms in total. The average molecular weight is 270 g/mol. The Hall–Kier alpha value is -0.710. The molecule has 0 fully saturated rings. The highest BCUT2D eigenvalue weighted by Gasteiger charge is 2.04. The predicted octanol–water partition coefficient (Wildman–Crippen LogP) is 3.63. The molecule has 0 aromatic carbocycles. The molecule has 2 N–H and O–H groups in total. The van der Waals surface area contributed by atoms with Crippen molar-refractivity contribution in [3.63, 3.8) is 0 Å². The van der Waals surface area contributed by atoms with Gasteiger partial charge in [-0.2, -0.15) is 0 Å². The molecule has 18 heavy (non-hydrogen) atoms. The van der Waals surface area contributed by atoms with Gasteiger partial charge in [0.2, 0.25) is 5.95 Å². The fourth-order valence-electron chi connectivity index (χ4n) is 1.85. The molecule has 0 aliphatic rings. The van der Waals surface area contributed by atoms with Crippen LogP contribution in [-0.4, -0.2) is 20.5 Å². The number of nitrogens with two attached hydrogens (primary N) is 1. The smallest absolute Gasteiger partial charge is 0.222 e. The van der Waals surface area contributed by atoms with Crippen molar-refractivity contribution in [1.29, 1.82) is 0 Å². The van der Waals surface area contributed by atoms with Gasteiger partial charge in [-0.1, -0.05) is 63.6 Å². The van der Waals surface area contributed by atoms with Gasteiger partial charge in [0.1, 0.15) is 0 Å². The lowest BCUT2D eigenvalue weighted by Crippen LogP contribution is -1.98. The number of unbranched alkanes of at least 4 members (excludes halogenated alkanes) is 7. The molecule has 1 heterocycles. The van der Waals surface area contributed by atoms with E-state index in [9.17, 15) is 0 Å². The van der Waals surface area contributed by atoms with Crippen LogP contribution in [0.5, 0.6) is 0 Å². The lowest BCUT2D eigenvalue weighted by Gasteiger charge is -2.02. The zero-order valence-corrected chi connectivity index (χ0v) is 12.5. The summed E-state index contributed by atoms with van der Waals surface area (Å²) in [4.78, 5) is 0. The molecule has 0 radical (unpaired) electrons. The Labute approximate surface area is 115 Å². The summed E-state index contributed by atoms with van der Waals surface area (Å²) in [5, 5.41) is 8.80. The lowest BCUT2D eigenvalue weighted by molar-refractivity contribution is 0.586. The summed E-state index contributed by atoms with van der Waals surface area (Å²) in [5.74, 6) is 1.61. The third-order valence-corrected chi connectivity index (χ3v) is 4.20. The molecule has 0 saturated heterocycles. The van der Waals surface area contributed by atoms with E-state index < -0.39 is 0 Å². The molecule has 0 spiro atoms. The average Bonchev–Trinajstić information content (AvgIpc) is 2.68. The van der Waals surface area contributed by atoms with E-state index in [-0.39, 0.29) is 0 Å². The van der Waals surface area contributed by atoms with Crippen LogP contribution in [0.1, 0.15) is 58.3 Å². The molecule has 0 bridgehead atoms. The molecule has 1 rings (SSSR count). The number of nitrogen functional groups attached to an aromatic ring is 1. The zero-order chi connectivity index (χ0) is 13.2. The topological polar surface area (TPSA) is 56.7 Å². The Morgan fingerprint density at radius 1 is 1.00 bits per heavy atom. The van der Waals surface area contributed by atoms with Crippen LogP contribution >= 0.6 is 11.8 Å². The minimum absolute atomic E-state index is 0.494. The quantitative estimate of drug-likeness (QED) is 0.521. The maximum atomic E-state index is 5.63. The van der Waals surface area contributed by atoms with Gasteiger partial charge in [0.15, 0.2) is 5.16 Å². The summed E-state index contributed by atoms with van der Waals surface area (Å²) in [6.45, 7) is 2.26. The van der Waals surface area contributed by atoms with E-state index in [0.717, 1.165) is 10.9 Å². The third kappa shape index (κ3) is 5.76. The number of anilines is 1. The lowest BCUT2D eigenvalue weighted by atomic mass is 10.1. The van der Waals surface area contributed by atoms with E-state index in [1.807, 2.05) is 11.6 Å². The fourth-order valence-corrected chi connectivity index (χ4v) is 2.77. The molecule has 104 valence electrons. The van der Waals surface area contributed by atoms with Crippen LogP contribution in [0.4, 0.5) is 5.95 Å². The van der Waals surface area contributed by atoms with Crippen molar-refractivity contribution in [1.82, 2.24) is 14.8 Å². The number of hydrogen-bond acceptors (Lipinski definition) is 4. The van der Waals surface area contributed by atoms with Crippen LogP contribution in [0.15, 0.2) is 5.16 Å². The Morgan fingerprint density at radius 2 is 1.61 bits per heavy atom. The highest BCUT2D eigenvalue weighted by atomic mass is 32.2. The van der Waals surface area contributed by atoms with Crippen molar-refractivity contribution < 1.29 is 0 Å². The van der Waals surface area contributed by atoms with E-state index in [4.69, 9.17) is 5.73 Å². The van der Waals surface area contributed by atoms with E-state index in [0.29, 0.717) is 5.95 Å². The molecule has 0 amide bonds. The highest BCUT2D eigenvalue weighted by Crippen LogP contribution is 2.18. The van der Waals surface area contributed by atoms with Gasteiger partial charge in [-0.25, -0.2) is 0 Å². The molecule has 1 aromatic rings. The second kappa shape index (κ2) is 9.25. The number of hydrogen-bond donors (Lipinski definition) is 1. The maximum Gasteiger partial charge on any atom is 0.222 e. The highest BCUT2D eigenvalue weighted by molar-refractivity contribution is 7.99. The maximum absolute atomic E-state index is 5.63. The predicted molar refractivity (Wildman–Crippen MR) is 78.7 cm³/mol. The van der Waals surface area contributed by atoms with Gasteiger partial charge in [-0.05, 0) is 6.42 Å². The molecule has 0 atom stereocenters. The largest absolute Gasteiger partial charge is 0.368 e. The van der Waals surface area contributed by atoms with E-state index in [1.165, 1.54) is 51.4 Å². The zero-order valence-electron chi connectivity index (χ0n) is 11.7. The molecule has 0 aliphatic heterocycles. The molecule has 0 unspecified atom stereocenters. The Bertz CT molecular complexity index is 325. The van der Waals surface area contributed by atoms with Crippen molar-refractivity contribution in [2.24, 2.45) is 7.05 Å². The molecule has 1 aromatic heterocycles. The van der Waals surface area contributed by atoms with Gasteiger partial charge < -0.3 is 5.73 Å². The van der Waals surface area contributed by atoms with Crippen LogP contribution in [0, 0.1) is 0 Å². The minimum atomic E-state index is 0.494. The molecule has 0 aliphatic carbocycles. The van der Waals surface area contributed by atoms with Gasteiger partial charge >= 0.3 is 0 Å². The fraction of sp³-hybridized carbons (Fsp3) is 0.846. The summed E-state index contributed by atoms with van der Waals surface area (Å²) in [7, 11) is 1.91. The summed E-state index contributed by atoms with van der Waals surface area (Å²) in [5.41, 5.74) is 5.63. The summed E-state index contributed by atoms with van der Waals surface area (Å²) in [6, 6.07) is 0. The van der Waals surface area contributed by atoms with Gasteiger partial charge in [-0.15, -0.1) is 10.2 Å². The Morgan fingerprint density at radius 3 is 2.17 bits per heavy atom. The van der Waals surface area contributed by atoms with Gasteiger partial charge in [-0.3, -0.25) is 4.57 Å². The molecule has 0 saturated carbocycles. The minimum Gasteiger partial charge on any atom is -0.368 e. The van der Waals surface area contributed by atoms with Crippen LogP contribution in [0.2, 0.25) is 0 Å². The first kappa shape index (κ1) is 15.3. The van der Waals surface area contributed by atoms with Crippen LogP contribution in [0.25, 0.3) is 0 Å². The van der Waals surface area contributed by atoms with Gasteiger partial charge in [0, 0.05) is 12.8 Å². The number of aromatic nitrogens is 3. The van der Waals surface area contributed by atoms with E-state index in [2.05, 4.69) is 17.1 Å². The summed E-state index contributed by atoms with van der Waals surface area (Å²) < 4.78 is 1.84. The van der Waals surface area contributed by atoms with Crippen molar-refractivity contribution in [3.05, 3.63) is 0 Å². The van der Waals surface area contributed by atoms with E-state index >= 15 is 0 Å². The van der Waals surface area contributed by atoms with Crippen LogP contribution in [-0.2, 0) is 7.05 Å². The monoisotopic (exact) mass is 270 g/mol. The second-order valence-electron chi connectivity index (χ2n) is 4.72. The normalized spacial score (nSPS) is 11.0. The number of thioether (sulfide) groups is 1. The van der Waals surface area contributed by atoms with Crippen molar-refractivity contribution in [3.8, 4) is 0 Å². The van der Waals surface area contributed by atoms with Crippen LogP contribution in [0.3, 0.4) is 0 Å².